The topological polar surface area (TPSA) is 47.9 Å². The first-order chi connectivity index (χ1) is 10.9. The van der Waals surface area contributed by atoms with Gasteiger partial charge in [0, 0.05) is 6.20 Å². The zero-order valence-corrected chi connectivity index (χ0v) is 13.2. The molecule has 2 aromatic heterocycles. The normalized spacial score (nSPS) is 15.7. The van der Waals surface area contributed by atoms with Gasteiger partial charge in [0.25, 0.3) is 0 Å². The van der Waals surface area contributed by atoms with Gasteiger partial charge >= 0.3 is 0 Å². The molecule has 2 aromatic rings. The maximum Gasteiger partial charge on any atom is 0.178 e. The van der Waals surface area contributed by atoms with Crippen LogP contribution in [0.2, 0.25) is 0 Å². The summed E-state index contributed by atoms with van der Waals surface area (Å²) in [5, 5.41) is 0. The largest absolute Gasteiger partial charge is 0.493 e. The van der Waals surface area contributed by atoms with Crippen LogP contribution in [0, 0.1) is 5.92 Å². The highest BCUT2D eigenvalue weighted by molar-refractivity contribution is 5.49. The summed E-state index contributed by atoms with van der Waals surface area (Å²) in [4.78, 5) is 13.4. The molecule has 116 valence electrons. The van der Waals surface area contributed by atoms with Gasteiger partial charge in [0.05, 0.1) is 19.0 Å². The molecule has 0 bridgehead atoms. The summed E-state index contributed by atoms with van der Waals surface area (Å²) < 4.78 is 5.43. The van der Waals surface area contributed by atoms with Crippen molar-refractivity contribution < 1.29 is 4.74 Å². The van der Waals surface area contributed by atoms with Crippen LogP contribution in [-0.2, 0) is 6.42 Å². The summed E-state index contributed by atoms with van der Waals surface area (Å²) in [6.07, 6.45) is 12.6. The molecule has 22 heavy (non-hydrogen) atoms. The Morgan fingerprint density at radius 1 is 1.14 bits per heavy atom. The number of methoxy groups -OCH3 is 1. The second-order valence-corrected chi connectivity index (χ2v) is 5.97. The van der Waals surface area contributed by atoms with Crippen molar-refractivity contribution in [1.82, 2.24) is 15.0 Å². The summed E-state index contributed by atoms with van der Waals surface area (Å²) in [5.41, 5.74) is 1.81. The van der Waals surface area contributed by atoms with E-state index in [1.807, 2.05) is 18.2 Å². The molecule has 4 nitrogen and oxygen atoms in total. The van der Waals surface area contributed by atoms with Crippen LogP contribution >= 0.6 is 0 Å². The summed E-state index contributed by atoms with van der Waals surface area (Å²) in [6, 6.07) is 5.79. The average Bonchev–Trinajstić information content (AvgIpc) is 2.61. The monoisotopic (exact) mass is 297 g/mol. The fourth-order valence-corrected chi connectivity index (χ4v) is 3.19. The lowest BCUT2D eigenvalue weighted by atomic mass is 9.86. The molecule has 0 atom stereocenters. The first-order valence-electron chi connectivity index (χ1n) is 8.18. The third-order valence-electron chi connectivity index (χ3n) is 4.46. The van der Waals surface area contributed by atoms with Gasteiger partial charge in [0.15, 0.2) is 11.6 Å². The highest BCUT2D eigenvalue weighted by Crippen LogP contribution is 2.29. The molecule has 4 heteroatoms. The van der Waals surface area contributed by atoms with Gasteiger partial charge in [-0.1, -0.05) is 38.2 Å². The lowest BCUT2D eigenvalue weighted by Gasteiger charge is -2.21. The number of hydrogen-bond donors (Lipinski definition) is 0. The quantitative estimate of drug-likeness (QED) is 0.835. The van der Waals surface area contributed by atoms with Crippen molar-refractivity contribution in [3.63, 3.8) is 0 Å². The van der Waals surface area contributed by atoms with Crippen molar-refractivity contribution in [2.24, 2.45) is 5.92 Å². The van der Waals surface area contributed by atoms with E-state index in [4.69, 9.17) is 9.72 Å². The molecule has 1 aliphatic rings. The van der Waals surface area contributed by atoms with E-state index >= 15 is 0 Å². The van der Waals surface area contributed by atoms with Crippen LogP contribution in [-0.4, -0.2) is 22.1 Å². The molecule has 0 N–H and O–H groups in total. The van der Waals surface area contributed by atoms with E-state index in [1.165, 1.54) is 38.5 Å². The van der Waals surface area contributed by atoms with Gasteiger partial charge in [-0.2, -0.15) is 0 Å². The molecular weight excluding hydrogens is 274 g/mol. The molecule has 0 saturated heterocycles. The van der Waals surface area contributed by atoms with E-state index < -0.39 is 0 Å². The third kappa shape index (κ3) is 3.62. The molecule has 0 spiro atoms. The van der Waals surface area contributed by atoms with Gasteiger partial charge in [0.2, 0.25) is 0 Å². The van der Waals surface area contributed by atoms with Crippen molar-refractivity contribution in [3.05, 3.63) is 36.3 Å². The summed E-state index contributed by atoms with van der Waals surface area (Å²) >= 11 is 0. The minimum absolute atomic E-state index is 0.681. The number of hydrogen-bond acceptors (Lipinski definition) is 4. The van der Waals surface area contributed by atoms with Crippen molar-refractivity contribution in [2.75, 3.05) is 7.11 Å². The minimum Gasteiger partial charge on any atom is -0.493 e. The Labute approximate surface area is 132 Å². The van der Waals surface area contributed by atoms with Gasteiger partial charge in [-0.05, 0) is 30.9 Å². The molecule has 0 amide bonds. The molecular formula is C18H23N3O. The molecule has 0 aliphatic heterocycles. The van der Waals surface area contributed by atoms with E-state index in [2.05, 4.69) is 9.97 Å². The summed E-state index contributed by atoms with van der Waals surface area (Å²) in [5.74, 6) is 2.31. The Balaban J connectivity index is 1.76. The fraction of sp³-hybridized carbons (Fsp3) is 0.500. The lowest BCUT2D eigenvalue weighted by molar-refractivity contribution is 0.335. The van der Waals surface area contributed by atoms with E-state index in [1.54, 1.807) is 19.5 Å². The Morgan fingerprint density at radius 3 is 2.73 bits per heavy atom. The van der Waals surface area contributed by atoms with E-state index in [0.29, 0.717) is 5.82 Å². The van der Waals surface area contributed by atoms with Crippen molar-refractivity contribution in [2.45, 2.75) is 44.9 Å². The molecule has 0 unspecified atom stereocenters. The van der Waals surface area contributed by atoms with Crippen LogP contribution in [0.4, 0.5) is 0 Å². The Kier molecular flexibility index (Phi) is 4.99. The molecule has 1 aliphatic carbocycles. The van der Waals surface area contributed by atoms with Gasteiger partial charge < -0.3 is 4.74 Å². The van der Waals surface area contributed by atoms with E-state index in [-0.39, 0.29) is 0 Å². The summed E-state index contributed by atoms with van der Waals surface area (Å²) in [6.45, 7) is 0. The van der Waals surface area contributed by atoms with Crippen molar-refractivity contribution in [3.8, 4) is 17.3 Å². The third-order valence-corrected chi connectivity index (χ3v) is 4.46. The van der Waals surface area contributed by atoms with Crippen molar-refractivity contribution in [1.29, 1.82) is 0 Å². The van der Waals surface area contributed by atoms with Crippen LogP contribution in [0.3, 0.4) is 0 Å². The maximum absolute atomic E-state index is 5.43. The van der Waals surface area contributed by atoms with Crippen LogP contribution in [0.15, 0.2) is 30.6 Å². The Bertz CT molecular complexity index is 595. The lowest BCUT2D eigenvalue weighted by Crippen LogP contribution is -2.09. The average molecular weight is 297 g/mol. The first kappa shape index (κ1) is 14.9. The minimum atomic E-state index is 0.681. The molecule has 0 aromatic carbocycles. The second-order valence-electron chi connectivity index (χ2n) is 5.97. The number of aryl methyl sites for hydroxylation is 1. The SMILES string of the molecule is COc1cnc(-c2ccccn2)nc1CCC1CCCCC1. The highest BCUT2D eigenvalue weighted by atomic mass is 16.5. The van der Waals surface area contributed by atoms with Crippen LogP contribution in [0.25, 0.3) is 11.5 Å². The predicted octanol–water partition coefficient (Wildman–Crippen LogP) is 4.06. The van der Waals surface area contributed by atoms with Gasteiger partial charge in [-0.15, -0.1) is 0 Å². The smallest absolute Gasteiger partial charge is 0.178 e. The maximum atomic E-state index is 5.43. The van der Waals surface area contributed by atoms with Crippen LogP contribution in [0.5, 0.6) is 5.75 Å². The Hall–Kier alpha value is -1.97. The zero-order chi connectivity index (χ0) is 15.2. The highest BCUT2D eigenvalue weighted by Gasteiger charge is 2.16. The molecule has 1 fully saturated rings. The molecule has 2 heterocycles. The zero-order valence-electron chi connectivity index (χ0n) is 13.2. The predicted molar refractivity (Wildman–Crippen MR) is 86.7 cm³/mol. The molecule has 1 saturated carbocycles. The second kappa shape index (κ2) is 7.34. The van der Waals surface area contributed by atoms with Gasteiger partial charge in [-0.25, -0.2) is 9.97 Å². The standard InChI is InChI=1S/C18H23N3O/c1-22-17-13-20-18(16-9-5-6-12-19-16)21-15(17)11-10-14-7-3-2-4-8-14/h5-6,9,12-14H,2-4,7-8,10-11H2,1H3. The van der Waals surface area contributed by atoms with Gasteiger partial charge in [0.1, 0.15) is 5.69 Å². The fourth-order valence-electron chi connectivity index (χ4n) is 3.19. The number of pyridine rings is 1. The molecule has 3 rings (SSSR count). The van der Waals surface area contributed by atoms with Gasteiger partial charge in [-0.3, -0.25) is 4.98 Å². The number of aromatic nitrogens is 3. The van der Waals surface area contributed by atoms with Crippen molar-refractivity contribution >= 4 is 0 Å². The number of rotatable bonds is 5. The first-order valence-corrected chi connectivity index (χ1v) is 8.18. The van der Waals surface area contributed by atoms with E-state index in [0.717, 1.165) is 29.5 Å². The van der Waals surface area contributed by atoms with Crippen LogP contribution < -0.4 is 4.74 Å². The number of ether oxygens (including phenoxy) is 1. The van der Waals surface area contributed by atoms with E-state index in [9.17, 15) is 0 Å². The Morgan fingerprint density at radius 2 is 2.00 bits per heavy atom. The van der Waals surface area contributed by atoms with Crippen LogP contribution in [0.1, 0.15) is 44.2 Å². The molecule has 0 radical (unpaired) electrons. The number of nitrogens with zero attached hydrogens (tertiary/aromatic N) is 3. The summed E-state index contributed by atoms with van der Waals surface area (Å²) in [7, 11) is 1.68.